The van der Waals surface area contributed by atoms with E-state index in [2.05, 4.69) is 19.1 Å². The minimum Gasteiger partial charge on any atom is -0.390 e. The SMILES string of the molecule is CCc1ccc(CC(C)(O)CC2CC2)s1. The standard InChI is InChI=1S/C13H20OS/c1-3-11-6-7-12(15-11)9-13(2,14)8-10-4-5-10/h6-7,10,14H,3-5,8-9H2,1-2H3. The van der Waals surface area contributed by atoms with E-state index in [0.29, 0.717) is 0 Å². The summed E-state index contributed by atoms with van der Waals surface area (Å²) in [5.41, 5.74) is -0.489. The van der Waals surface area contributed by atoms with E-state index in [-0.39, 0.29) is 0 Å². The number of aliphatic hydroxyl groups is 1. The van der Waals surface area contributed by atoms with Crippen molar-refractivity contribution in [2.24, 2.45) is 5.92 Å². The molecule has 0 bridgehead atoms. The second-order valence-corrected chi connectivity index (χ2v) is 6.30. The van der Waals surface area contributed by atoms with E-state index in [4.69, 9.17) is 0 Å². The molecule has 1 fully saturated rings. The Morgan fingerprint density at radius 2 is 2.07 bits per heavy atom. The van der Waals surface area contributed by atoms with Crippen LogP contribution in [0.25, 0.3) is 0 Å². The molecule has 1 unspecified atom stereocenters. The molecule has 2 rings (SSSR count). The smallest absolute Gasteiger partial charge is 0.0670 e. The lowest BCUT2D eigenvalue weighted by atomic mass is 9.94. The van der Waals surface area contributed by atoms with E-state index >= 15 is 0 Å². The average molecular weight is 224 g/mol. The van der Waals surface area contributed by atoms with Gasteiger partial charge in [0.05, 0.1) is 5.60 Å². The number of rotatable bonds is 5. The van der Waals surface area contributed by atoms with Crippen molar-refractivity contribution < 1.29 is 5.11 Å². The van der Waals surface area contributed by atoms with Crippen molar-refractivity contribution in [3.63, 3.8) is 0 Å². The molecule has 0 aromatic carbocycles. The Hall–Kier alpha value is -0.340. The van der Waals surface area contributed by atoms with Crippen LogP contribution < -0.4 is 0 Å². The Balaban J connectivity index is 1.93. The fourth-order valence-corrected chi connectivity index (χ4v) is 3.24. The molecule has 1 nitrogen and oxygen atoms in total. The van der Waals surface area contributed by atoms with Crippen LogP contribution in [0.1, 0.15) is 42.9 Å². The number of hydrogen-bond donors (Lipinski definition) is 1. The fourth-order valence-electron chi connectivity index (χ4n) is 2.10. The Morgan fingerprint density at radius 1 is 1.40 bits per heavy atom. The van der Waals surface area contributed by atoms with Gasteiger partial charge in [0.25, 0.3) is 0 Å². The zero-order valence-corrected chi connectivity index (χ0v) is 10.4. The summed E-state index contributed by atoms with van der Waals surface area (Å²) in [4.78, 5) is 2.75. The molecular formula is C13H20OS. The maximum Gasteiger partial charge on any atom is 0.0670 e. The summed E-state index contributed by atoms with van der Waals surface area (Å²) in [6.45, 7) is 4.16. The van der Waals surface area contributed by atoms with Gasteiger partial charge in [-0.3, -0.25) is 0 Å². The van der Waals surface area contributed by atoms with Crippen LogP contribution in [0.5, 0.6) is 0 Å². The van der Waals surface area contributed by atoms with Crippen LogP contribution in [0.4, 0.5) is 0 Å². The van der Waals surface area contributed by atoms with E-state index < -0.39 is 5.60 Å². The molecule has 0 saturated heterocycles. The van der Waals surface area contributed by atoms with Crippen molar-refractivity contribution in [3.05, 3.63) is 21.9 Å². The molecule has 1 aliphatic rings. The summed E-state index contributed by atoms with van der Waals surface area (Å²) in [5.74, 6) is 0.797. The third kappa shape index (κ3) is 3.32. The summed E-state index contributed by atoms with van der Waals surface area (Å²) in [7, 11) is 0. The molecule has 1 saturated carbocycles. The molecule has 1 aliphatic carbocycles. The molecule has 0 aliphatic heterocycles. The topological polar surface area (TPSA) is 20.2 Å². The van der Waals surface area contributed by atoms with Crippen molar-refractivity contribution in [2.75, 3.05) is 0 Å². The lowest BCUT2D eigenvalue weighted by Crippen LogP contribution is -2.27. The number of aryl methyl sites for hydroxylation is 1. The third-order valence-electron chi connectivity index (χ3n) is 3.05. The quantitative estimate of drug-likeness (QED) is 0.812. The number of hydrogen-bond acceptors (Lipinski definition) is 2. The molecule has 1 aromatic heterocycles. The molecule has 1 heterocycles. The van der Waals surface area contributed by atoms with Gasteiger partial charge in [-0.2, -0.15) is 0 Å². The average Bonchev–Trinajstić information content (AvgIpc) is 2.82. The second kappa shape index (κ2) is 4.26. The molecule has 1 atom stereocenters. The molecule has 2 heteroatoms. The zero-order valence-electron chi connectivity index (χ0n) is 9.62. The normalized spacial score (nSPS) is 20.2. The van der Waals surface area contributed by atoms with E-state index in [1.54, 1.807) is 0 Å². The van der Waals surface area contributed by atoms with Gasteiger partial charge in [-0.25, -0.2) is 0 Å². The van der Waals surface area contributed by atoms with Crippen molar-refractivity contribution >= 4 is 11.3 Å². The largest absolute Gasteiger partial charge is 0.390 e. The first-order chi connectivity index (χ1) is 7.09. The lowest BCUT2D eigenvalue weighted by molar-refractivity contribution is 0.0463. The van der Waals surface area contributed by atoms with Crippen LogP contribution in [-0.4, -0.2) is 10.7 Å². The van der Waals surface area contributed by atoms with Crippen LogP contribution in [0.3, 0.4) is 0 Å². The molecule has 0 spiro atoms. The van der Waals surface area contributed by atoms with Gasteiger partial charge >= 0.3 is 0 Å². The van der Waals surface area contributed by atoms with Crippen molar-refractivity contribution in [1.29, 1.82) is 0 Å². The van der Waals surface area contributed by atoms with Crippen LogP contribution in [-0.2, 0) is 12.8 Å². The molecule has 0 amide bonds. The molecular weight excluding hydrogens is 204 g/mol. The maximum atomic E-state index is 10.3. The van der Waals surface area contributed by atoms with Gasteiger partial charge in [-0.1, -0.05) is 19.8 Å². The zero-order chi connectivity index (χ0) is 10.9. The van der Waals surface area contributed by atoms with Crippen LogP contribution in [0.2, 0.25) is 0 Å². The van der Waals surface area contributed by atoms with Gasteiger partial charge in [-0.15, -0.1) is 11.3 Å². The van der Waals surface area contributed by atoms with Crippen LogP contribution in [0, 0.1) is 5.92 Å². The molecule has 84 valence electrons. The van der Waals surface area contributed by atoms with Gasteiger partial charge < -0.3 is 5.11 Å². The molecule has 0 radical (unpaired) electrons. The second-order valence-electron chi connectivity index (χ2n) is 5.04. The van der Waals surface area contributed by atoms with Gasteiger partial charge in [-0.05, 0) is 37.8 Å². The van der Waals surface area contributed by atoms with Crippen molar-refractivity contribution in [3.8, 4) is 0 Å². The highest BCUT2D eigenvalue weighted by Gasteiger charge is 2.31. The summed E-state index contributed by atoms with van der Waals surface area (Å²) in [5, 5.41) is 10.3. The Labute approximate surface area is 96.1 Å². The molecule has 1 N–H and O–H groups in total. The van der Waals surface area contributed by atoms with E-state index in [1.807, 2.05) is 18.3 Å². The highest BCUT2D eigenvalue weighted by Crippen LogP contribution is 2.38. The predicted octanol–water partition coefficient (Wildman–Crippen LogP) is 3.40. The van der Waals surface area contributed by atoms with Gasteiger partial charge in [0.1, 0.15) is 0 Å². The highest BCUT2D eigenvalue weighted by molar-refractivity contribution is 7.12. The first-order valence-corrected chi connectivity index (χ1v) is 6.71. The van der Waals surface area contributed by atoms with E-state index in [9.17, 15) is 5.11 Å². The van der Waals surface area contributed by atoms with Crippen molar-refractivity contribution in [2.45, 2.75) is 51.6 Å². The number of thiophene rings is 1. The van der Waals surface area contributed by atoms with Gasteiger partial charge in [0.2, 0.25) is 0 Å². The highest BCUT2D eigenvalue weighted by atomic mass is 32.1. The van der Waals surface area contributed by atoms with Gasteiger partial charge in [0.15, 0.2) is 0 Å². The summed E-state index contributed by atoms with van der Waals surface area (Å²) in [6.07, 6.45) is 5.55. The van der Waals surface area contributed by atoms with Crippen LogP contribution in [0.15, 0.2) is 12.1 Å². The predicted molar refractivity (Wildman–Crippen MR) is 65.4 cm³/mol. The first kappa shape index (κ1) is 11.2. The first-order valence-electron chi connectivity index (χ1n) is 5.89. The minimum absolute atomic E-state index is 0.489. The molecule has 15 heavy (non-hydrogen) atoms. The third-order valence-corrected chi connectivity index (χ3v) is 4.28. The Morgan fingerprint density at radius 3 is 2.60 bits per heavy atom. The van der Waals surface area contributed by atoms with E-state index in [1.165, 1.54) is 22.6 Å². The monoisotopic (exact) mass is 224 g/mol. The van der Waals surface area contributed by atoms with E-state index in [0.717, 1.165) is 25.2 Å². The minimum atomic E-state index is -0.489. The molecule has 1 aromatic rings. The summed E-state index contributed by atoms with van der Waals surface area (Å²) >= 11 is 1.85. The fraction of sp³-hybridized carbons (Fsp3) is 0.692. The van der Waals surface area contributed by atoms with Crippen molar-refractivity contribution in [1.82, 2.24) is 0 Å². The maximum absolute atomic E-state index is 10.3. The van der Waals surface area contributed by atoms with Crippen LogP contribution >= 0.6 is 11.3 Å². The Kier molecular flexibility index (Phi) is 3.17. The lowest BCUT2D eigenvalue weighted by Gasteiger charge is -2.22. The summed E-state index contributed by atoms with van der Waals surface area (Å²) < 4.78 is 0. The summed E-state index contributed by atoms with van der Waals surface area (Å²) in [6, 6.07) is 4.36. The van der Waals surface area contributed by atoms with Gasteiger partial charge in [0, 0.05) is 16.2 Å². The Bertz CT molecular complexity index is 323.